The van der Waals surface area contributed by atoms with E-state index in [1.807, 2.05) is 39.9 Å². The molecule has 6 N–H and O–H groups in total. The fourth-order valence-corrected chi connectivity index (χ4v) is 3.32. The number of aliphatic carboxylic acids is 1. The van der Waals surface area contributed by atoms with Crippen molar-refractivity contribution < 1.29 is 14.7 Å². The highest BCUT2D eigenvalue weighted by atomic mass is 16.4. The van der Waals surface area contributed by atoms with Crippen LogP contribution in [0.15, 0.2) is 0 Å². The molecule has 9 nitrogen and oxygen atoms in total. The Morgan fingerprint density at radius 2 is 1.41 bits per heavy atom. The Bertz CT molecular complexity index is 464. The van der Waals surface area contributed by atoms with Crippen LogP contribution in [0.4, 0.5) is 0 Å². The van der Waals surface area contributed by atoms with Crippen molar-refractivity contribution in [1.82, 2.24) is 25.8 Å². The Morgan fingerprint density at radius 3 is 1.63 bits per heavy atom. The number of hydrogen-bond acceptors (Lipinski definition) is 7. The molecular weight excluding hydrogens is 348 g/mol. The largest absolute Gasteiger partial charge is 0.480 e. The zero-order valence-corrected chi connectivity index (χ0v) is 17.9. The van der Waals surface area contributed by atoms with E-state index in [9.17, 15) is 9.59 Å². The molecule has 0 aromatic carbocycles. The van der Waals surface area contributed by atoms with Crippen LogP contribution in [0, 0.1) is 0 Å². The van der Waals surface area contributed by atoms with Crippen LogP contribution in [0.5, 0.6) is 0 Å². The second kappa shape index (κ2) is 12.2. The van der Waals surface area contributed by atoms with Crippen LogP contribution >= 0.6 is 0 Å². The Morgan fingerprint density at radius 1 is 1.00 bits per heavy atom. The lowest BCUT2D eigenvalue weighted by Crippen LogP contribution is -2.57. The monoisotopic (exact) mass is 388 g/mol. The van der Waals surface area contributed by atoms with E-state index < -0.39 is 11.5 Å². The smallest absolute Gasteiger partial charge is 0.325 e. The number of nitrogens with zero attached hydrogens (tertiary/aromatic N) is 2. The summed E-state index contributed by atoms with van der Waals surface area (Å²) >= 11 is 0. The van der Waals surface area contributed by atoms with Crippen molar-refractivity contribution in [1.29, 1.82) is 0 Å². The maximum Gasteiger partial charge on any atom is 0.325 e. The molecule has 0 aromatic rings. The minimum absolute atomic E-state index is 0.127. The van der Waals surface area contributed by atoms with Crippen LogP contribution in [-0.2, 0) is 9.59 Å². The molecule has 1 amide bonds. The van der Waals surface area contributed by atoms with E-state index in [1.165, 1.54) is 0 Å². The molecule has 2 unspecified atom stereocenters. The SMILES string of the molecule is CCN.CCNC(=O)C1(NC)CCN(C)C1.CNC1(C(=O)O)CCN(C)C1. The van der Waals surface area contributed by atoms with Crippen molar-refractivity contribution in [2.24, 2.45) is 5.73 Å². The normalized spacial score (nSPS) is 28.0. The van der Waals surface area contributed by atoms with E-state index >= 15 is 0 Å². The van der Waals surface area contributed by atoms with Crippen LogP contribution in [0.3, 0.4) is 0 Å². The number of rotatable bonds is 5. The standard InChI is InChI=1S/C9H19N3O.C7H14N2O2.C2H7N/c1-4-11-8(13)9(10-2)5-6-12(3)7-9;1-8-7(6(10)11)3-4-9(2)5-7;1-2-3/h10H,4-7H2,1-3H3,(H,11,13);8H,3-5H2,1-2H3,(H,10,11);2-3H2,1H3. The first-order valence-corrected chi connectivity index (χ1v) is 9.63. The molecule has 0 aromatic heterocycles. The molecule has 2 saturated heterocycles. The number of likely N-dealkylation sites (N-methyl/N-ethyl adjacent to an activating group) is 5. The van der Waals surface area contributed by atoms with E-state index in [-0.39, 0.29) is 11.4 Å². The number of carbonyl (C=O) groups is 2. The lowest BCUT2D eigenvalue weighted by molar-refractivity contribution is -0.144. The summed E-state index contributed by atoms with van der Waals surface area (Å²) in [6.07, 6.45) is 1.58. The number of hydrogen-bond donors (Lipinski definition) is 5. The predicted octanol–water partition coefficient (Wildman–Crippen LogP) is -1.25. The zero-order chi connectivity index (χ0) is 21.1. The molecule has 0 radical (unpaired) electrons. The van der Waals surface area contributed by atoms with Crippen LogP contribution < -0.4 is 21.7 Å². The Labute approximate surface area is 164 Å². The lowest BCUT2D eigenvalue weighted by Gasteiger charge is -2.26. The molecule has 0 aliphatic carbocycles. The molecule has 0 spiro atoms. The van der Waals surface area contributed by atoms with E-state index in [0.29, 0.717) is 19.5 Å². The van der Waals surface area contributed by atoms with Gasteiger partial charge in [-0.05, 0) is 54.5 Å². The third kappa shape index (κ3) is 7.34. The average molecular weight is 389 g/mol. The third-order valence-electron chi connectivity index (χ3n) is 5.06. The van der Waals surface area contributed by atoms with Crippen molar-refractivity contribution >= 4 is 11.9 Å². The van der Waals surface area contributed by atoms with Crippen molar-refractivity contribution in [2.75, 3.05) is 67.5 Å². The summed E-state index contributed by atoms with van der Waals surface area (Å²) in [6, 6.07) is 0. The Kier molecular flexibility index (Phi) is 11.7. The van der Waals surface area contributed by atoms with E-state index in [2.05, 4.69) is 20.9 Å². The number of carbonyl (C=O) groups excluding carboxylic acids is 1. The van der Waals surface area contributed by atoms with E-state index in [4.69, 9.17) is 10.8 Å². The van der Waals surface area contributed by atoms with Gasteiger partial charge >= 0.3 is 5.97 Å². The van der Waals surface area contributed by atoms with Gasteiger partial charge in [0.15, 0.2) is 0 Å². The van der Waals surface area contributed by atoms with Gasteiger partial charge in [0.05, 0.1) is 0 Å². The fourth-order valence-electron chi connectivity index (χ4n) is 3.32. The molecule has 27 heavy (non-hydrogen) atoms. The summed E-state index contributed by atoms with van der Waals surface area (Å²) in [6.45, 7) is 8.53. The van der Waals surface area contributed by atoms with Gasteiger partial charge in [-0.1, -0.05) is 6.92 Å². The summed E-state index contributed by atoms with van der Waals surface area (Å²) in [5.74, 6) is -0.619. The second-order valence-electron chi connectivity index (χ2n) is 7.21. The van der Waals surface area contributed by atoms with Gasteiger partial charge in [-0.2, -0.15) is 0 Å². The molecule has 0 saturated carbocycles. The highest BCUT2D eigenvalue weighted by molar-refractivity contribution is 5.87. The van der Waals surface area contributed by atoms with Gasteiger partial charge in [0.25, 0.3) is 0 Å². The summed E-state index contributed by atoms with van der Waals surface area (Å²) in [7, 11) is 7.53. The lowest BCUT2D eigenvalue weighted by atomic mass is 9.98. The van der Waals surface area contributed by atoms with E-state index in [0.717, 1.165) is 32.6 Å². The molecule has 2 aliphatic heterocycles. The molecule has 2 heterocycles. The van der Waals surface area contributed by atoms with Crippen LogP contribution in [0.2, 0.25) is 0 Å². The molecular formula is C18H40N6O3. The minimum Gasteiger partial charge on any atom is -0.480 e. The molecule has 2 fully saturated rings. The van der Waals surface area contributed by atoms with Crippen molar-refractivity contribution in [3.8, 4) is 0 Å². The number of carboxylic acid groups (broad SMARTS) is 1. The van der Waals surface area contributed by atoms with Gasteiger partial charge in [0.1, 0.15) is 11.1 Å². The van der Waals surface area contributed by atoms with Crippen LogP contribution in [0.25, 0.3) is 0 Å². The van der Waals surface area contributed by atoms with E-state index in [1.54, 1.807) is 7.05 Å². The Balaban J connectivity index is 0.000000442. The van der Waals surface area contributed by atoms with Gasteiger partial charge < -0.3 is 36.6 Å². The number of nitrogens with two attached hydrogens (primary N) is 1. The fraction of sp³-hybridized carbons (Fsp3) is 0.889. The van der Waals surface area contributed by atoms with Crippen molar-refractivity contribution in [2.45, 2.75) is 37.8 Å². The number of nitrogens with one attached hydrogen (secondary N) is 3. The van der Waals surface area contributed by atoms with Gasteiger partial charge in [0.2, 0.25) is 5.91 Å². The summed E-state index contributed by atoms with van der Waals surface area (Å²) in [5.41, 5.74) is 3.79. The van der Waals surface area contributed by atoms with Crippen LogP contribution in [0.1, 0.15) is 26.7 Å². The molecule has 2 rings (SSSR count). The molecule has 160 valence electrons. The average Bonchev–Trinajstić information content (AvgIpc) is 3.21. The van der Waals surface area contributed by atoms with Crippen molar-refractivity contribution in [3.63, 3.8) is 0 Å². The van der Waals surface area contributed by atoms with Gasteiger partial charge in [0, 0.05) is 32.7 Å². The van der Waals surface area contributed by atoms with Gasteiger partial charge in [-0.15, -0.1) is 0 Å². The topological polar surface area (TPSA) is 123 Å². The molecule has 2 atom stereocenters. The minimum atomic E-state index is -0.746. The maximum absolute atomic E-state index is 11.7. The zero-order valence-electron chi connectivity index (χ0n) is 17.9. The second-order valence-corrected chi connectivity index (χ2v) is 7.21. The molecule has 0 bridgehead atoms. The predicted molar refractivity (Wildman–Crippen MR) is 109 cm³/mol. The third-order valence-corrected chi connectivity index (χ3v) is 5.06. The molecule has 9 heteroatoms. The molecule has 2 aliphatic rings. The van der Waals surface area contributed by atoms with Gasteiger partial charge in [-0.3, -0.25) is 9.59 Å². The summed E-state index contributed by atoms with van der Waals surface area (Å²) in [5, 5.41) is 17.8. The summed E-state index contributed by atoms with van der Waals surface area (Å²) < 4.78 is 0. The van der Waals surface area contributed by atoms with Crippen LogP contribution in [-0.4, -0.2) is 105 Å². The summed E-state index contributed by atoms with van der Waals surface area (Å²) in [4.78, 5) is 26.7. The first-order chi connectivity index (χ1) is 12.7. The quantitative estimate of drug-likeness (QED) is 0.396. The number of likely N-dealkylation sites (tertiary alicyclic amines) is 2. The first kappa shape index (κ1) is 25.7. The maximum atomic E-state index is 11.7. The first-order valence-electron chi connectivity index (χ1n) is 9.63. The number of carboxylic acids is 1. The number of amides is 1. The van der Waals surface area contributed by atoms with Crippen molar-refractivity contribution in [3.05, 3.63) is 0 Å². The Hall–Kier alpha value is -1.26. The highest BCUT2D eigenvalue weighted by Gasteiger charge is 2.42. The highest BCUT2D eigenvalue weighted by Crippen LogP contribution is 2.20. The van der Waals surface area contributed by atoms with Gasteiger partial charge in [-0.25, -0.2) is 0 Å².